The van der Waals surface area contributed by atoms with E-state index in [1.807, 2.05) is 19.1 Å². The van der Waals surface area contributed by atoms with Crippen LogP contribution < -0.4 is 9.04 Å². The van der Waals surface area contributed by atoms with Gasteiger partial charge < -0.3 is 9.47 Å². The number of hydrogen-bond donors (Lipinski definition) is 0. The number of anilines is 1. The number of hydrogen-bond acceptors (Lipinski definition) is 6. The van der Waals surface area contributed by atoms with E-state index in [9.17, 15) is 18.0 Å². The number of benzene rings is 3. The number of sulfonamides is 1. The predicted molar refractivity (Wildman–Crippen MR) is 142 cm³/mol. The second-order valence-electron chi connectivity index (χ2n) is 8.74. The average molecular weight is 520 g/mol. The molecule has 0 N–H and O–H groups in total. The molecule has 0 aliphatic carbocycles. The third-order valence-electron chi connectivity index (χ3n) is 6.37. The lowest BCUT2D eigenvalue weighted by Crippen LogP contribution is -2.38. The van der Waals surface area contributed by atoms with E-state index in [1.54, 1.807) is 74.7 Å². The smallest absolute Gasteiger partial charge is 0.330 e. The summed E-state index contributed by atoms with van der Waals surface area (Å²) in [5, 5.41) is 0. The zero-order chi connectivity index (χ0) is 26.6. The highest BCUT2D eigenvalue weighted by Crippen LogP contribution is 2.46. The third kappa shape index (κ3) is 5.44. The van der Waals surface area contributed by atoms with Crippen molar-refractivity contribution in [1.29, 1.82) is 0 Å². The molecule has 0 spiro atoms. The molecule has 192 valence electrons. The molecule has 0 amide bonds. The van der Waals surface area contributed by atoms with Gasteiger partial charge in [0.15, 0.2) is 5.78 Å². The number of carbonyl (C=O) groups is 2. The summed E-state index contributed by atoms with van der Waals surface area (Å²) in [4.78, 5) is 25.7. The molecule has 1 aliphatic rings. The Hall–Kier alpha value is -3.91. The summed E-state index contributed by atoms with van der Waals surface area (Å²) < 4.78 is 39.4. The zero-order valence-electron chi connectivity index (χ0n) is 21.0. The van der Waals surface area contributed by atoms with Gasteiger partial charge in [0, 0.05) is 24.0 Å². The number of rotatable bonds is 9. The normalized spacial score (nSPS) is 17.0. The quantitative estimate of drug-likeness (QED) is 0.223. The van der Waals surface area contributed by atoms with Crippen LogP contribution in [0.25, 0.3) is 0 Å². The molecule has 2 atom stereocenters. The molecule has 8 heteroatoms. The van der Waals surface area contributed by atoms with Crippen LogP contribution in [0.15, 0.2) is 89.8 Å². The molecule has 0 aromatic heterocycles. The van der Waals surface area contributed by atoms with E-state index >= 15 is 0 Å². The van der Waals surface area contributed by atoms with E-state index in [0.29, 0.717) is 17.0 Å². The maximum Gasteiger partial charge on any atom is 0.330 e. The largest absolute Gasteiger partial charge is 0.497 e. The number of aryl methyl sites for hydroxylation is 1. The molecule has 0 saturated heterocycles. The molecule has 0 radical (unpaired) electrons. The number of methoxy groups -OCH3 is 1. The Bertz CT molecular complexity index is 1410. The van der Waals surface area contributed by atoms with Crippen LogP contribution in [0, 0.1) is 6.92 Å². The van der Waals surface area contributed by atoms with Gasteiger partial charge in [0.1, 0.15) is 5.75 Å². The van der Waals surface area contributed by atoms with E-state index in [-0.39, 0.29) is 23.7 Å². The first-order chi connectivity index (χ1) is 17.8. The molecule has 37 heavy (non-hydrogen) atoms. The minimum atomic E-state index is -4.02. The minimum absolute atomic E-state index is 0.0428. The van der Waals surface area contributed by atoms with Crippen molar-refractivity contribution in [2.75, 3.05) is 18.0 Å². The van der Waals surface area contributed by atoms with Crippen molar-refractivity contribution in [3.05, 3.63) is 102 Å². The maximum absolute atomic E-state index is 13.9. The van der Waals surface area contributed by atoms with Crippen molar-refractivity contribution in [2.24, 2.45) is 0 Å². The summed E-state index contributed by atoms with van der Waals surface area (Å²) >= 11 is 0. The van der Waals surface area contributed by atoms with Crippen molar-refractivity contribution < 1.29 is 27.5 Å². The lowest BCUT2D eigenvalue weighted by molar-refractivity contribution is -0.137. The fourth-order valence-electron chi connectivity index (χ4n) is 4.53. The number of ether oxygens (including phenoxy) is 2. The first kappa shape index (κ1) is 26.2. The SMILES string of the molecule is CCOC(=O)/C=C/[C@H]1[C@H](CC(=O)c2ccc(OC)cc2)c2ccccc2N1S(=O)(=O)c1ccc(C)cc1. The molecule has 0 bridgehead atoms. The van der Waals surface area contributed by atoms with Crippen molar-refractivity contribution in [3.8, 4) is 5.75 Å². The van der Waals surface area contributed by atoms with Crippen LogP contribution >= 0.6 is 0 Å². The van der Waals surface area contributed by atoms with Crippen LogP contribution in [0.3, 0.4) is 0 Å². The van der Waals surface area contributed by atoms with Crippen LogP contribution in [0.2, 0.25) is 0 Å². The van der Waals surface area contributed by atoms with E-state index in [2.05, 4.69) is 0 Å². The molecule has 0 saturated carbocycles. The van der Waals surface area contributed by atoms with Crippen molar-refractivity contribution >= 4 is 27.5 Å². The Morgan fingerprint density at radius 2 is 1.65 bits per heavy atom. The predicted octanol–water partition coefficient (Wildman–Crippen LogP) is 5.06. The topological polar surface area (TPSA) is 90.0 Å². The number of nitrogens with zero attached hydrogens (tertiary/aromatic N) is 1. The third-order valence-corrected chi connectivity index (χ3v) is 8.19. The van der Waals surface area contributed by atoms with Crippen LogP contribution in [0.4, 0.5) is 5.69 Å². The second-order valence-corrected chi connectivity index (χ2v) is 10.6. The Labute approximate surface area is 217 Å². The zero-order valence-corrected chi connectivity index (χ0v) is 21.8. The Kier molecular flexibility index (Phi) is 7.78. The number of ketones is 1. The number of fused-ring (bicyclic) bond motifs is 1. The average Bonchev–Trinajstić information content (AvgIpc) is 3.21. The van der Waals surface area contributed by atoms with Gasteiger partial charge in [0.05, 0.1) is 30.3 Å². The van der Waals surface area contributed by atoms with Crippen molar-refractivity contribution in [3.63, 3.8) is 0 Å². The van der Waals surface area contributed by atoms with Gasteiger partial charge in [-0.05, 0) is 61.9 Å². The molecule has 0 unspecified atom stereocenters. The summed E-state index contributed by atoms with van der Waals surface area (Å²) in [5.41, 5.74) is 2.63. The van der Waals surface area contributed by atoms with Crippen molar-refractivity contribution in [1.82, 2.24) is 0 Å². The molecular formula is C29H29NO6S. The Morgan fingerprint density at radius 3 is 2.30 bits per heavy atom. The summed E-state index contributed by atoms with van der Waals surface area (Å²) in [5.74, 6) is -0.608. The Morgan fingerprint density at radius 1 is 0.973 bits per heavy atom. The van der Waals surface area contributed by atoms with Crippen LogP contribution in [0.1, 0.15) is 40.7 Å². The number of carbonyl (C=O) groups excluding carboxylic acids is 2. The van der Waals surface area contributed by atoms with Gasteiger partial charge in [0.2, 0.25) is 0 Å². The van der Waals surface area contributed by atoms with Crippen LogP contribution in [-0.4, -0.2) is 39.9 Å². The molecule has 1 aliphatic heterocycles. The van der Waals surface area contributed by atoms with Gasteiger partial charge in [-0.25, -0.2) is 13.2 Å². The Balaban J connectivity index is 1.78. The standard InChI is InChI=1S/C29H29NO6S/c1-4-36-29(32)18-17-27-25(19-28(31)21-11-13-22(35-3)14-12-21)24-7-5-6-8-26(24)30(27)37(33,34)23-15-9-20(2)10-16-23/h5-18,25,27H,4,19H2,1-3H3/b18-17+/t25-,27+/m1/s1. The van der Waals surface area contributed by atoms with Gasteiger partial charge >= 0.3 is 5.97 Å². The van der Waals surface area contributed by atoms with E-state index in [0.717, 1.165) is 11.1 Å². The van der Waals surface area contributed by atoms with Gasteiger partial charge in [-0.3, -0.25) is 9.10 Å². The second kappa shape index (κ2) is 11.0. The summed E-state index contributed by atoms with van der Waals surface area (Å²) in [7, 11) is -2.47. The lowest BCUT2D eigenvalue weighted by atomic mass is 9.88. The summed E-state index contributed by atoms with van der Waals surface area (Å²) in [6.07, 6.45) is 2.80. The van der Waals surface area contributed by atoms with Gasteiger partial charge in [-0.1, -0.05) is 42.0 Å². The molecule has 0 fully saturated rings. The van der Waals surface area contributed by atoms with Gasteiger partial charge in [-0.2, -0.15) is 0 Å². The first-order valence-corrected chi connectivity index (χ1v) is 13.4. The molecule has 3 aromatic rings. The maximum atomic E-state index is 13.9. The van der Waals surface area contributed by atoms with Crippen LogP contribution in [-0.2, 0) is 19.6 Å². The summed E-state index contributed by atoms with van der Waals surface area (Å²) in [6.45, 7) is 3.77. The van der Waals surface area contributed by atoms with Crippen LogP contribution in [0.5, 0.6) is 5.75 Å². The minimum Gasteiger partial charge on any atom is -0.497 e. The highest BCUT2D eigenvalue weighted by molar-refractivity contribution is 7.93. The molecule has 3 aromatic carbocycles. The monoisotopic (exact) mass is 519 g/mol. The fourth-order valence-corrected chi connectivity index (χ4v) is 6.20. The summed E-state index contributed by atoms with van der Waals surface area (Å²) in [6, 6.07) is 19.7. The van der Waals surface area contributed by atoms with Crippen molar-refractivity contribution in [2.45, 2.75) is 37.1 Å². The number of Topliss-reactive ketones (excluding diaryl/α,β-unsaturated/α-hetero) is 1. The lowest BCUT2D eigenvalue weighted by Gasteiger charge is -2.27. The van der Waals surface area contributed by atoms with E-state index in [1.165, 1.54) is 16.5 Å². The van der Waals surface area contributed by atoms with E-state index < -0.39 is 28.0 Å². The van der Waals surface area contributed by atoms with E-state index in [4.69, 9.17) is 9.47 Å². The number of esters is 1. The number of para-hydroxylation sites is 1. The van der Waals surface area contributed by atoms with Gasteiger partial charge in [-0.15, -0.1) is 0 Å². The fraction of sp³-hybridized carbons (Fsp3) is 0.241. The molecular weight excluding hydrogens is 490 g/mol. The molecule has 1 heterocycles. The highest BCUT2D eigenvalue weighted by atomic mass is 32.2. The first-order valence-electron chi connectivity index (χ1n) is 12.0. The van der Waals surface area contributed by atoms with Gasteiger partial charge in [0.25, 0.3) is 10.0 Å². The highest BCUT2D eigenvalue weighted by Gasteiger charge is 2.44. The molecule has 4 rings (SSSR count). The molecule has 7 nitrogen and oxygen atoms in total.